The summed E-state index contributed by atoms with van der Waals surface area (Å²) in [6.07, 6.45) is 23.6. The predicted molar refractivity (Wildman–Crippen MR) is 147 cm³/mol. The van der Waals surface area contributed by atoms with Gasteiger partial charge in [-0.25, -0.2) is 0 Å². The fourth-order valence-electron chi connectivity index (χ4n) is 5.57. The van der Waals surface area contributed by atoms with Gasteiger partial charge < -0.3 is 19.9 Å². The molecule has 3 aliphatic heterocycles. The second-order valence-corrected chi connectivity index (χ2v) is 11.1. The van der Waals surface area contributed by atoms with E-state index in [1.54, 1.807) is 0 Å². The monoisotopic (exact) mass is 513 g/mol. The zero-order valence-electron chi connectivity index (χ0n) is 23.0. The number of carbonyl (C=O) groups excluding carboxylic acids is 2. The van der Waals surface area contributed by atoms with Crippen molar-refractivity contribution in [3.05, 3.63) is 48.1 Å². The summed E-state index contributed by atoms with van der Waals surface area (Å²) in [5.41, 5.74) is 6.55. The number of primary amides is 1. The highest BCUT2D eigenvalue weighted by molar-refractivity contribution is 5.73. The zero-order chi connectivity index (χ0) is 26.6. The molecule has 206 valence electrons. The zero-order valence-corrected chi connectivity index (χ0v) is 23.0. The fraction of sp³-hybridized carbons (Fsp3) is 0.677. The van der Waals surface area contributed by atoms with Crippen molar-refractivity contribution in [1.82, 2.24) is 0 Å². The number of rotatable bonds is 6. The van der Waals surface area contributed by atoms with Crippen LogP contribution in [0.2, 0.25) is 0 Å². The Morgan fingerprint density at radius 2 is 1.73 bits per heavy atom. The van der Waals surface area contributed by atoms with Crippen LogP contribution in [0.25, 0.3) is 0 Å². The second-order valence-electron chi connectivity index (χ2n) is 11.1. The minimum absolute atomic E-state index is 0.0324. The number of ether oxygens (including phenoxy) is 3. The van der Waals surface area contributed by atoms with Crippen LogP contribution in [0.15, 0.2) is 48.1 Å². The maximum Gasteiger partial charge on any atom is 0.309 e. The molecule has 1 amide bonds. The largest absolute Gasteiger partial charge is 0.457 e. The van der Waals surface area contributed by atoms with Crippen LogP contribution in [0.1, 0.15) is 91.4 Å². The van der Waals surface area contributed by atoms with Gasteiger partial charge in [0.05, 0.1) is 30.8 Å². The molecule has 2 N–H and O–H groups in total. The first-order valence-electron chi connectivity index (χ1n) is 14.3. The number of carbonyl (C=O) groups is 2. The number of unbranched alkanes of at least 4 members (excludes halogenated alkanes) is 1. The molecule has 0 aromatic heterocycles. The Bertz CT molecular complexity index is 860. The van der Waals surface area contributed by atoms with Gasteiger partial charge in [-0.05, 0) is 70.3 Å². The van der Waals surface area contributed by atoms with Crippen LogP contribution in [0, 0.1) is 11.8 Å². The molecule has 0 radical (unpaired) electrons. The Kier molecular flexibility index (Phi) is 12.1. The van der Waals surface area contributed by atoms with E-state index in [1.807, 2.05) is 24.3 Å². The summed E-state index contributed by atoms with van der Waals surface area (Å²) in [5, 5.41) is 0. The molecule has 3 rings (SSSR count). The second kappa shape index (κ2) is 15.3. The van der Waals surface area contributed by atoms with Gasteiger partial charge in [0.25, 0.3) is 0 Å². The SMILES string of the molecule is CC=C1CC2CC(=O)OC(C=CC=CCCCC(N)=O)C(C)C=CC(C)CC3CCCC(CC(C1)O2)O3. The summed E-state index contributed by atoms with van der Waals surface area (Å²) in [6, 6.07) is 0. The number of amides is 1. The Morgan fingerprint density at radius 1 is 1.00 bits per heavy atom. The summed E-state index contributed by atoms with van der Waals surface area (Å²) < 4.78 is 18.9. The third-order valence-electron chi connectivity index (χ3n) is 7.64. The normalized spacial score (nSPS) is 35.2. The minimum Gasteiger partial charge on any atom is -0.457 e. The number of hydrogen-bond donors (Lipinski definition) is 1. The van der Waals surface area contributed by atoms with Crippen LogP contribution in [0.5, 0.6) is 0 Å². The highest BCUT2D eigenvalue weighted by Gasteiger charge is 2.32. The third-order valence-corrected chi connectivity index (χ3v) is 7.64. The molecule has 4 bridgehead atoms. The first-order valence-corrected chi connectivity index (χ1v) is 14.3. The van der Waals surface area contributed by atoms with E-state index >= 15 is 0 Å². The highest BCUT2D eigenvalue weighted by Crippen LogP contribution is 2.33. The first kappa shape index (κ1) is 29.4. The van der Waals surface area contributed by atoms with Crippen molar-refractivity contribution in [3.63, 3.8) is 0 Å². The smallest absolute Gasteiger partial charge is 0.309 e. The molecule has 0 aliphatic carbocycles. The van der Waals surface area contributed by atoms with E-state index in [-0.39, 0.29) is 54.7 Å². The van der Waals surface area contributed by atoms with Gasteiger partial charge in [0.2, 0.25) is 5.91 Å². The summed E-state index contributed by atoms with van der Waals surface area (Å²) in [7, 11) is 0. The number of esters is 1. The van der Waals surface area contributed by atoms with E-state index in [0.29, 0.717) is 12.3 Å². The van der Waals surface area contributed by atoms with Crippen LogP contribution in [-0.4, -0.2) is 42.4 Å². The molecular formula is C31H47NO5. The lowest BCUT2D eigenvalue weighted by Crippen LogP contribution is -2.37. The van der Waals surface area contributed by atoms with Crippen LogP contribution >= 0.6 is 0 Å². The summed E-state index contributed by atoms with van der Waals surface area (Å²) in [5.74, 6) is -0.0866. The number of hydrogen-bond acceptors (Lipinski definition) is 5. The summed E-state index contributed by atoms with van der Waals surface area (Å²) >= 11 is 0. The van der Waals surface area contributed by atoms with E-state index in [2.05, 4.69) is 39.0 Å². The average Bonchev–Trinajstić information content (AvgIpc) is 2.85. The van der Waals surface area contributed by atoms with Crippen molar-refractivity contribution < 1.29 is 23.8 Å². The minimum atomic E-state index is -0.366. The molecule has 0 saturated carbocycles. The van der Waals surface area contributed by atoms with Crippen LogP contribution < -0.4 is 5.73 Å². The molecular weight excluding hydrogens is 466 g/mol. The standard InChI is InChI=1S/C31H47NO5/c1-4-24-18-27-20-26-12-10-11-25(35-26)17-22(2)15-16-23(3)29(37-31(34)21-28(19-24)36-27)13-8-6-5-7-9-14-30(32)33/h4-6,8,13,15-16,22-23,25-29H,7,9-12,14,17-21H2,1-3H3,(H2,32,33). The van der Waals surface area contributed by atoms with Crippen molar-refractivity contribution in [2.24, 2.45) is 17.6 Å². The first-order chi connectivity index (χ1) is 17.8. The molecule has 6 heteroatoms. The molecule has 37 heavy (non-hydrogen) atoms. The molecule has 7 atom stereocenters. The Labute approximate surface area is 223 Å². The molecule has 0 aromatic rings. The van der Waals surface area contributed by atoms with E-state index in [9.17, 15) is 9.59 Å². The average molecular weight is 514 g/mol. The Morgan fingerprint density at radius 3 is 2.49 bits per heavy atom. The molecule has 2 fully saturated rings. The molecule has 0 spiro atoms. The topological polar surface area (TPSA) is 87.9 Å². The van der Waals surface area contributed by atoms with Crippen LogP contribution in [0.4, 0.5) is 0 Å². The quantitative estimate of drug-likeness (QED) is 0.200. The van der Waals surface area contributed by atoms with Crippen molar-refractivity contribution >= 4 is 11.9 Å². The van der Waals surface area contributed by atoms with Crippen molar-refractivity contribution in [2.75, 3.05) is 0 Å². The van der Waals surface area contributed by atoms with Crippen molar-refractivity contribution in [2.45, 2.75) is 122 Å². The van der Waals surface area contributed by atoms with Gasteiger partial charge in [-0.3, -0.25) is 9.59 Å². The van der Waals surface area contributed by atoms with E-state index in [4.69, 9.17) is 19.9 Å². The van der Waals surface area contributed by atoms with Crippen LogP contribution in [0.3, 0.4) is 0 Å². The maximum atomic E-state index is 13.0. The van der Waals surface area contributed by atoms with Gasteiger partial charge in [0.15, 0.2) is 0 Å². The molecule has 6 nitrogen and oxygen atoms in total. The molecule has 0 aromatic carbocycles. The fourth-order valence-corrected chi connectivity index (χ4v) is 5.57. The van der Waals surface area contributed by atoms with Crippen LogP contribution in [-0.2, 0) is 23.8 Å². The van der Waals surface area contributed by atoms with Crippen molar-refractivity contribution in [3.8, 4) is 0 Å². The van der Waals surface area contributed by atoms with Gasteiger partial charge in [-0.1, -0.05) is 55.9 Å². The highest BCUT2D eigenvalue weighted by atomic mass is 16.5. The van der Waals surface area contributed by atoms with Gasteiger partial charge >= 0.3 is 5.97 Å². The molecule has 2 saturated heterocycles. The molecule has 3 heterocycles. The van der Waals surface area contributed by atoms with Crippen molar-refractivity contribution in [1.29, 1.82) is 0 Å². The van der Waals surface area contributed by atoms with Gasteiger partial charge in [-0.2, -0.15) is 0 Å². The Balaban J connectivity index is 1.73. The van der Waals surface area contributed by atoms with E-state index in [1.165, 1.54) is 12.0 Å². The molecule has 7 unspecified atom stereocenters. The van der Waals surface area contributed by atoms with E-state index < -0.39 is 0 Å². The Hall–Kier alpha value is -2.18. The van der Waals surface area contributed by atoms with E-state index in [0.717, 1.165) is 51.4 Å². The number of allylic oxidation sites excluding steroid dienone is 5. The molecule has 3 aliphatic rings. The van der Waals surface area contributed by atoms with Gasteiger partial charge in [0, 0.05) is 18.8 Å². The lowest BCUT2D eigenvalue weighted by Gasteiger charge is -2.37. The lowest BCUT2D eigenvalue weighted by molar-refractivity contribution is -0.154. The maximum absolute atomic E-state index is 13.0. The summed E-state index contributed by atoms with van der Waals surface area (Å²) in [4.78, 5) is 23.9. The van der Waals surface area contributed by atoms with Gasteiger partial charge in [0.1, 0.15) is 6.10 Å². The summed E-state index contributed by atoms with van der Waals surface area (Å²) in [6.45, 7) is 6.39. The number of nitrogens with two attached hydrogens (primary N) is 1. The number of cyclic esters (lactones) is 1. The lowest BCUT2D eigenvalue weighted by atomic mass is 9.90. The number of fused-ring (bicyclic) bond motifs is 4. The third kappa shape index (κ3) is 10.6. The van der Waals surface area contributed by atoms with Gasteiger partial charge in [-0.15, -0.1) is 0 Å². The predicted octanol–water partition coefficient (Wildman–Crippen LogP) is 6.11.